The number of rotatable bonds is 7. The smallest absolute Gasteiger partial charge is 0.270 e. The minimum Gasteiger partial charge on any atom is -0.490 e. The van der Waals surface area contributed by atoms with Gasteiger partial charge in [-0.25, -0.2) is 0 Å². The molecule has 3 aromatic rings. The second-order valence-corrected chi connectivity index (χ2v) is 11.0. The van der Waals surface area contributed by atoms with E-state index in [2.05, 4.69) is 27.9 Å². The second-order valence-electron chi connectivity index (χ2n) is 7.83. The van der Waals surface area contributed by atoms with Crippen LogP contribution in [-0.4, -0.2) is 23.5 Å². The Balaban J connectivity index is 1.67. The van der Waals surface area contributed by atoms with Gasteiger partial charge in [-0.1, -0.05) is 58.5 Å². The zero-order valence-electron chi connectivity index (χ0n) is 19.5. The van der Waals surface area contributed by atoms with Crippen LogP contribution < -0.4 is 19.7 Å². The number of carbonyl (C=O) groups is 2. The molecule has 3 aromatic carbocycles. The quantitative estimate of drug-likeness (QED) is 0.117. The van der Waals surface area contributed by atoms with Crippen LogP contribution in [0.25, 0.3) is 6.08 Å². The van der Waals surface area contributed by atoms with E-state index in [0.717, 1.165) is 10.5 Å². The number of nitrogens with zero attached hydrogens (tertiary/aromatic N) is 1. The maximum Gasteiger partial charge on any atom is 0.270 e. The molecule has 1 aliphatic rings. The minimum atomic E-state index is -0.643. The fourth-order valence-electron chi connectivity index (χ4n) is 3.57. The van der Waals surface area contributed by atoms with Gasteiger partial charge in [-0.15, -0.1) is 0 Å². The van der Waals surface area contributed by atoms with Gasteiger partial charge in [0.25, 0.3) is 11.8 Å². The lowest BCUT2D eigenvalue weighted by molar-refractivity contribution is -0.122. The highest BCUT2D eigenvalue weighted by Crippen LogP contribution is 2.37. The number of hydrogen-bond donors (Lipinski definition) is 1. The van der Waals surface area contributed by atoms with Crippen molar-refractivity contribution in [2.75, 3.05) is 11.5 Å². The molecule has 1 saturated heterocycles. The number of ether oxygens (including phenoxy) is 2. The molecule has 0 bridgehead atoms. The molecule has 12 heteroatoms. The molecule has 0 aromatic heterocycles. The average molecular weight is 722 g/mol. The van der Waals surface area contributed by atoms with Crippen LogP contribution in [0.4, 0.5) is 5.69 Å². The molecule has 196 valence electrons. The van der Waals surface area contributed by atoms with E-state index in [4.69, 9.17) is 68.1 Å². The van der Waals surface area contributed by atoms with Gasteiger partial charge in [0.1, 0.15) is 12.2 Å². The molecule has 2 amide bonds. The molecule has 1 heterocycles. The molecule has 0 saturated carbocycles. The maximum absolute atomic E-state index is 13.4. The molecule has 0 unspecified atom stereocenters. The molecule has 4 rings (SSSR count). The van der Waals surface area contributed by atoms with Gasteiger partial charge in [-0.05, 0) is 95.3 Å². The average Bonchev–Trinajstić information content (AvgIpc) is 2.86. The third-order valence-corrected chi connectivity index (χ3v) is 7.92. The zero-order chi connectivity index (χ0) is 27.6. The summed E-state index contributed by atoms with van der Waals surface area (Å²) in [5.41, 5.74) is 1.49. The Morgan fingerprint density at radius 3 is 2.47 bits per heavy atom. The number of carbonyl (C=O) groups excluding carboxylic acids is 2. The highest BCUT2D eigenvalue weighted by atomic mass is 127. The van der Waals surface area contributed by atoms with Crippen LogP contribution >= 0.6 is 81.2 Å². The van der Waals surface area contributed by atoms with Crippen molar-refractivity contribution in [1.82, 2.24) is 5.32 Å². The molecule has 0 aliphatic carbocycles. The molecule has 0 radical (unpaired) electrons. The first-order valence-corrected chi connectivity index (χ1v) is 14.0. The molecule has 38 heavy (non-hydrogen) atoms. The lowest BCUT2D eigenvalue weighted by Crippen LogP contribution is -2.54. The fourth-order valence-corrected chi connectivity index (χ4v) is 5.32. The van der Waals surface area contributed by atoms with E-state index in [1.807, 2.05) is 13.0 Å². The first-order valence-electron chi connectivity index (χ1n) is 11.0. The molecular weight excluding hydrogens is 705 g/mol. The molecule has 0 atom stereocenters. The van der Waals surface area contributed by atoms with Crippen LogP contribution in [-0.2, 0) is 16.2 Å². The predicted molar refractivity (Wildman–Crippen MR) is 164 cm³/mol. The van der Waals surface area contributed by atoms with Crippen LogP contribution in [0.15, 0.2) is 54.1 Å². The van der Waals surface area contributed by atoms with Gasteiger partial charge < -0.3 is 9.47 Å². The summed E-state index contributed by atoms with van der Waals surface area (Å²) in [4.78, 5) is 27.3. The van der Waals surface area contributed by atoms with Crippen molar-refractivity contribution in [1.29, 1.82) is 0 Å². The predicted octanol–water partition coefficient (Wildman–Crippen LogP) is 7.71. The van der Waals surface area contributed by atoms with Crippen molar-refractivity contribution >= 4 is 110 Å². The van der Waals surface area contributed by atoms with Crippen molar-refractivity contribution < 1.29 is 19.1 Å². The van der Waals surface area contributed by atoms with E-state index in [1.165, 1.54) is 6.08 Å². The summed E-state index contributed by atoms with van der Waals surface area (Å²) in [7, 11) is 0. The van der Waals surface area contributed by atoms with Crippen molar-refractivity contribution in [3.63, 3.8) is 0 Å². The molecule has 1 fully saturated rings. The molecule has 1 aliphatic heterocycles. The Morgan fingerprint density at radius 1 is 1.00 bits per heavy atom. The summed E-state index contributed by atoms with van der Waals surface area (Å²) in [6, 6.07) is 13.5. The number of anilines is 1. The molecular formula is C26H17Cl4IN2O4S. The number of thiocarbonyl (C=S) groups is 1. The SMILES string of the molecule is CCOc1cc(/C=C2\C(=O)NC(=S)N(c3cccc(Cl)c3Cl)C2=O)cc(I)c1OCc1ccc(Cl)c(Cl)c1. The summed E-state index contributed by atoms with van der Waals surface area (Å²) in [6.45, 7) is 2.43. The lowest BCUT2D eigenvalue weighted by atomic mass is 10.1. The first kappa shape index (κ1) is 28.9. The van der Waals surface area contributed by atoms with Crippen molar-refractivity contribution in [2.24, 2.45) is 0 Å². The van der Waals surface area contributed by atoms with Gasteiger partial charge in [0.05, 0.1) is 36.0 Å². The second kappa shape index (κ2) is 12.4. The summed E-state index contributed by atoms with van der Waals surface area (Å²) in [5, 5.41) is 3.70. The lowest BCUT2D eigenvalue weighted by Gasteiger charge is -2.29. The Bertz CT molecular complexity index is 1500. The van der Waals surface area contributed by atoms with E-state index in [0.29, 0.717) is 37.3 Å². The molecule has 6 nitrogen and oxygen atoms in total. The maximum atomic E-state index is 13.4. The Kier molecular flexibility index (Phi) is 9.44. The third-order valence-electron chi connectivity index (χ3n) is 5.28. The highest BCUT2D eigenvalue weighted by molar-refractivity contribution is 14.1. The summed E-state index contributed by atoms with van der Waals surface area (Å²) >= 11 is 31.9. The van der Waals surface area contributed by atoms with E-state index in [9.17, 15) is 9.59 Å². The molecule has 1 N–H and O–H groups in total. The number of amides is 2. The summed E-state index contributed by atoms with van der Waals surface area (Å²) in [5.74, 6) is -0.327. The summed E-state index contributed by atoms with van der Waals surface area (Å²) in [6.07, 6.45) is 1.46. The van der Waals surface area contributed by atoms with Gasteiger partial charge in [0.2, 0.25) is 0 Å². The monoisotopic (exact) mass is 720 g/mol. The summed E-state index contributed by atoms with van der Waals surface area (Å²) < 4.78 is 12.6. The van der Waals surface area contributed by atoms with Crippen molar-refractivity contribution in [3.8, 4) is 11.5 Å². The van der Waals surface area contributed by atoms with Crippen molar-refractivity contribution in [3.05, 3.63) is 88.9 Å². The van der Waals surface area contributed by atoms with Crippen LogP contribution in [0.1, 0.15) is 18.1 Å². The van der Waals surface area contributed by atoms with Crippen LogP contribution in [0, 0.1) is 3.57 Å². The largest absolute Gasteiger partial charge is 0.490 e. The highest BCUT2D eigenvalue weighted by Gasteiger charge is 2.35. The minimum absolute atomic E-state index is 0.100. The van der Waals surface area contributed by atoms with E-state index in [1.54, 1.807) is 42.5 Å². The number of hydrogen-bond acceptors (Lipinski definition) is 5. The first-order chi connectivity index (χ1) is 18.1. The van der Waals surface area contributed by atoms with E-state index in [-0.39, 0.29) is 33.0 Å². The topological polar surface area (TPSA) is 67.9 Å². The zero-order valence-corrected chi connectivity index (χ0v) is 25.5. The molecule has 0 spiro atoms. The van der Waals surface area contributed by atoms with Crippen LogP contribution in [0.2, 0.25) is 20.1 Å². The Hall–Kier alpha value is -2.08. The Labute approximate surface area is 257 Å². The number of halogens is 5. The third kappa shape index (κ3) is 6.21. The van der Waals surface area contributed by atoms with Crippen molar-refractivity contribution in [2.45, 2.75) is 13.5 Å². The van der Waals surface area contributed by atoms with Gasteiger partial charge in [-0.2, -0.15) is 0 Å². The number of benzene rings is 3. The van der Waals surface area contributed by atoms with Gasteiger partial charge in [0, 0.05) is 0 Å². The van der Waals surface area contributed by atoms with Gasteiger partial charge in [0.15, 0.2) is 16.6 Å². The fraction of sp³-hybridized carbons (Fsp3) is 0.115. The number of nitrogens with one attached hydrogen (secondary N) is 1. The van der Waals surface area contributed by atoms with Gasteiger partial charge in [-0.3, -0.25) is 19.8 Å². The van der Waals surface area contributed by atoms with Gasteiger partial charge >= 0.3 is 0 Å². The van der Waals surface area contributed by atoms with E-state index >= 15 is 0 Å². The standard InChI is InChI=1S/C26H17Cl4IN2O4S/c1-2-36-21-11-14(10-19(31)23(21)37-12-13-6-7-16(27)18(29)9-13)8-15-24(34)32-26(38)33(25(15)35)20-5-3-4-17(28)22(20)30/h3-11H,2,12H2,1H3,(H,32,34,38)/b15-8+. The van der Waals surface area contributed by atoms with E-state index < -0.39 is 11.8 Å². The Morgan fingerprint density at radius 2 is 1.76 bits per heavy atom. The normalized spacial score (nSPS) is 14.6. The van der Waals surface area contributed by atoms with Crippen LogP contribution in [0.3, 0.4) is 0 Å². The van der Waals surface area contributed by atoms with Crippen LogP contribution in [0.5, 0.6) is 11.5 Å².